The number of aromatic hydroxyl groups is 1. The second-order valence-electron chi connectivity index (χ2n) is 9.77. The lowest BCUT2D eigenvalue weighted by Gasteiger charge is -2.32. The second-order valence-corrected chi connectivity index (χ2v) is 9.77. The van der Waals surface area contributed by atoms with Gasteiger partial charge in [-0.3, -0.25) is 0 Å². The first kappa shape index (κ1) is 23.5. The number of likely N-dealkylation sites (N-methyl/N-ethyl adjacent to an activating group) is 1. The molecule has 0 saturated carbocycles. The number of para-hydroxylation sites is 1. The van der Waals surface area contributed by atoms with E-state index in [2.05, 4.69) is 54.2 Å². The molecule has 5 heteroatoms. The van der Waals surface area contributed by atoms with Gasteiger partial charge in [-0.05, 0) is 80.4 Å². The highest BCUT2D eigenvalue weighted by molar-refractivity contribution is 5.91. The molecule has 0 bridgehead atoms. The van der Waals surface area contributed by atoms with Gasteiger partial charge in [0.1, 0.15) is 11.5 Å². The summed E-state index contributed by atoms with van der Waals surface area (Å²) in [7, 11) is 2.20. The summed E-state index contributed by atoms with van der Waals surface area (Å²) in [6.45, 7) is 8.55. The van der Waals surface area contributed by atoms with Crippen LogP contribution >= 0.6 is 0 Å². The lowest BCUT2D eigenvalue weighted by atomic mass is 10.0. The van der Waals surface area contributed by atoms with E-state index >= 15 is 0 Å². The van der Waals surface area contributed by atoms with Crippen LogP contribution in [-0.4, -0.2) is 59.2 Å². The predicted molar refractivity (Wildman–Crippen MR) is 143 cm³/mol. The van der Waals surface area contributed by atoms with Gasteiger partial charge in [-0.2, -0.15) is 0 Å². The summed E-state index contributed by atoms with van der Waals surface area (Å²) in [5, 5.41) is 13.0. The van der Waals surface area contributed by atoms with E-state index in [1.807, 2.05) is 47.0 Å². The number of rotatable bonds is 8. The average molecular weight is 470 g/mol. The number of ether oxygens (including phenoxy) is 1. The predicted octanol–water partition coefficient (Wildman–Crippen LogP) is 5.68. The molecule has 1 fully saturated rings. The van der Waals surface area contributed by atoms with Gasteiger partial charge in [0.25, 0.3) is 0 Å². The van der Waals surface area contributed by atoms with Crippen LogP contribution in [0.25, 0.3) is 10.8 Å². The largest absolute Gasteiger partial charge is 0.494 e. The molecule has 1 N–H and O–H groups in total. The molecule has 5 nitrogen and oxygen atoms in total. The van der Waals surface area contributed by atoms with E-state index in [-0.39, 0.29) is 0 Å². The summed E-state index contributed by atoms with van der Waals surface area (Å²) in [6, 6.07) is 22.3. The first-order chi connectivity index (χ1) is 17.0. The van der Waals surface area contributed by atoms with Gasteiger partial charge >= 0.3 is 0 Å². The highest BCUT2D eigenvalue weighted by atomic mass is 16.5. The number of aromatic nitrogens is 1. The Balaban J connectivity index is 1.24. The maximum Gasteiger partial charge on any atom is 0.199 e. The van der Waals surface area contributed by atoms with E-state index in [4.69, 9.17) is 4.74 Å². The quantitative estimate of drug-likeness (QED) is 0.361. The van der Waals surface area contributed by atoms with Gasteiger partial charge in [-0.15, -0.1) is 0 Å². The molecule has 0 radical (unpaired) electrons. The number of hydrogen-bond donors (Lipinski definition) is 1. The standard InChI is InChI=1S/C30H35N3O2/c1-23-19-25(7-6-14-32-17-15-31(2)16-18-32)20-26-22-33(30(34)29(23)26)21-24-10-12-28(13-11-24)35-27-8-4-3-5-9-27/h3-5,8-13,19-20,22,34H,6-7,14-18,21H2,1-2H3. The molecule has 0 unspecified atom stereocenters. The number of aryl methyl sites for hydroxylation is 2. The fourth-order valence-corrected chi connectivity index (χ4v) is 5.00. The smallest absolute Gasteiger partial charge is 0.199 e. The van der Waals surface area contributed by atoms with Crippen LogP contribution in [0.5, 0.6) is 17.4 Å². The lowest BCUT2D eigenvalue weighted by Crippen LogP contribution is -2.44. The van der Waals surface area contributed by atoms with Gasteiger partial charge < -0.3 is 24.2 Å². The van der Waals surface area contributed by atoms with Gasteiger partial charge in [0, 0.05) is 43.1 Å². The van der Waals surface area contributed by atoms with Crippen molar-refractivity contribution < 1.29 is 9.84 Å². The summed E-state index contributed by atoms with van der Waals surface area (Å²) >= 11 is 0. The van der Waals surface area contributed by atoms with Crippen LogP contribution in [0.4, 0.5) is 0 Å². The summed E-state index contributed by atoms with van der Waals surface area (Å²) < 4.78 is 7.84. The molecular formula is C30H35N3O2. The Morgan fingerprint density at radius 1 is 0.857 bits per heavy atom. The molecule has 5 rings (SSSR count). The Morgan fingerprint density at radius 3 is 2.31 bits per heavy atom. The molecule has 0 amide bonds. The van der Waals surface area contributed by atoms with Gasteiger partial charge in [-0.1, -0.05) is 36.4 Å². The van der Waals surface area contributed by atoms with E-state index in [0.717, 1.165) is 46.4 Å². The van der Waals surface area contributed by atoms with E-state index < -0.39 is 0 Å². The third-order valence-electron chi connectivity index (χ3n) is 7.01. The molecule has 0 atom stereocenters. The van der Waals surface area contributed by atoms with Crippen LogP contribution in [-0.2, 0) is 13.0 Å². The van der Waals surface area contributed by atoms with Gasteiger partial charge in [-0.25, -0.2) is 0 Å². The van der Waals surface area contributed by atoms with Gasteiger partial charge in [0.2, 0.25) is 0 Å². The Bertz CT molecular complexity index is 1260. The summed E-state index contributed by atoms with van der Waals surface area (Å²) in [5.74, 6) is 1.97. The topological polar surface area (TPSA) is 40.9 Å². The van der Waals surface area contributed by atoms with Gasteiger partial charge in [0.15, 0.2) is 5.88 Å². The van der Waals surface area contributed by atoms with Crippen molar-refractivity contribution in [2.75, 3.05) is 39.8 Å². The molecule has 3 aromatic carbocycles. The average Bonchev–Trinajstić information content (AvgIpc) is 3.17. The normalized spacial score (nSPS) is 15.0. The molecule has 182 valence electrons. The third-order valence-corrected chi connectivity index (χ3v) is 7.01. The van der Waals surface area contributed by atoms with Crippen molar-refractivity contribution in [2.24, 2.45) is 0 Å². The van der Waals surface area contributed by atoms with E-state index in [1.165, 1.54) is 38.2 Å². The Hall–Kier alpha value is -3.28. The number of hydrogen-bond acceptors (Lipinski definition) is 4. The first-order valence-corrected chi connectivity index (χ1v) is 12.6. The zero-order valence-electron chi connectivity index (χ0n) is 20.8. The van der Waals surface area contributed by atoms with Crippen LogP contribution in [0.1, 0.15) is 23.1 Å². The second kappa shape index (κ2) is 10.5. The number of benzene rings is 3. The van der Waals surface area contributed by atoms with Crippen molar-refractivity contribution in [3.05, 3.63) is 89.6 Å². The zero-order chi connectivity index (χ0) is 24.2. The minimum Gasteiger partial charge on any atom is -0.494 e. The first-order valence-electron chi connectivity index (χ1n) is 12.6. The summed E-state index contributed by atoms with van der Waals surface area (Å²) in [5.41, 5.74) is 3.61. The lowest BCUT2D eigenvalue weighted by molar-refractivity contribution is 0.153. The number of piperazine rings is 1. The number of fused-ring (bicyclic) bond motifs is 1. The van der Waals surface area contributed by atoms with Crippen molar-refractivity contribution in [1.29, 1.82) is 0 Å². The van der Waals surface area contributed by atoms with Crippen LogP contribution in [0.2, 0.25) is 0 Å². The Morgan fingerprint density at radius 2 is 1.57 bits per heavy atom. The van der Waals surface area contributed by atoms with Crippen molar-refractivity contribution in [1.82, 2.24) is 14.4 Å². The van der Waals surface area contributed by atoms with Crippen molar-refractivity contribution in [3.63, 3.8) is 0 Å². The zero-order valence-corrected chi connectivity index (χ0v) is 20.8. The van der Waals surface area contributed by atoms with Crippen molar-refractivity contribution in [2.45, 2.75) is 26.3 Å². The Labute approximate surface area is 208 Å². The molecular weight excluding hydrogens is 434 g/mol. The molecule has 35 heavy (non-hydrogen) atoms. The monoisotopic (exact) mass is 469 g/mol. The third kappa shape index (κ3) is 5.69. The fourth-order valence-electron chi connectivity index (χ4n) is 5.00. The van der Waals surface area contributed by atoms with Crippen LogP contribution in [0, 0.1) is 6.92 Å². The van der Waals surface area contributed by atoms with Gasteiger partial charge in [0.05, 0.1) is 6.54 Å². The van der Waals surface area contributed by atoms with Crippen LogP contribution in [0.3, 0.4) is 0 Å². The van der Waals surface area contributed by atoms with Crippen molar-refractivity contribution in [3.8, 4) is 17.4 Å². The highest BCUT2D eigenvalue weighted by Crippen LogP contribution is 2.32. The van der Waals surface area contributed by atoms with E-state index in [1.54, 1.807) is 0 Å². The number of nitrogens with zero attached hydrogens (tertiary/aromatic N) is 3. The maximum absolute atomic E-state index is 11.0. The minimum absolute atomic E-state index is 0.339. The summed E-state index contributed by atoms with van der Waals surface area (Å²) in [6.07, 6.45) is 4.31. The van der Waals surface area contributed by atoms with Crippen LogP contribution in [0.15, 0.2) is 72.9 Å². The molecule has 0 aliphatic carbocycles. The maximum atomic E-state index is 11.0. The molecule has 1 aliphatic rings. The van der Waals surface area contributed by atoms with Crippen molar-refractivity contribution >= 4 is 10.8 Å². The Kier molecular flexibility index (Phi) is 7.07. The highest BCUT2D eigenvalue weighted by Gasteiger charge is 2.15. The van der Waals surface area contributed by atoms with E-state index in [9.17, 15) is 5.11 Å². The molecule has 4 aromatic rings. The minimum atomic E-state index is 0.339. The van der Waals surface area contributed by atoms with E-state index in [0.29, 0.717) is 12.4 Å². The molecule has 1 aliphatic heterocycles. The summed E-state index contributed by atoms with van der Waals surface area (Å²) in [4.78, 5) is 4.97. The molecule has 1 aromatic heterocycles. The molecule has 1 saturated heterocycles. The molecule has 2 heterocycles. The SMILES string of the molecule is Cc1cc(CCCN2CCN(C)CC2)cc2cn(Cc3ccc(Oc4ccccc4)cc3)c(O)c12. The fraction of sp³-hybridized carbons (Fsp3) is 0.333. The van der Waals surface area contributed by atoms with Crippen LogP contribution < -0.4 is 4.74 Å². The molecule has 0 spiro atoms.